The van der Waals surface area contributed by atoms with Gasteiger partial charge in [0.15, 0.2) is 0 Å². The van der Waals surface area contributed by atoms with Gasteiger partial charge in [-0.3, -0.25) is 0 Å². The van der Waals surface area contributed by atoms with Crippen LogP contribution in [-0.2, 0) is 13.0 Å². The first-order valence-corrected chi connectivity index (χ1v) is 7.04. The van der Waals surface area contributed by atoms with E-state index < -0.39 is 0 Å². The van der Waals surface area contributed by atoms with Gasteiger partial charge in [0.25, 0.3) is 0 Å². The number of rotatable bonds is 3. The van der Waals surface area contributed by atoms with Crippen LogP contribution in [0.5, 0.6) is 0 Å². The molecule has 1 aliphatic carbocycles. The smallest absolute Gasteiger partial charge is 0.0397 e. The molecule has 1 heterocycles. The molecular formula is C16H22N2. The Morgan fingerprint density at radius 3 is 3.11 bits per heavy atom. The van der Waals surface area contributed by atoms with Crippen molar-refractivity contribution in [3.8, 4) is 0 Å². The number of nitrogens with zero attached hydrogens (tertiary/aromatic N) is 1. The third kappa shape index (κ3) is 2.44. The lowest BCUT2D eigenvalue weighted by Gasteiger charge is -2.19. The fourth-order valence-corrected chi connectivity index (χ4v) is 2.97. The van der Waals surface area contributed by atoms with Crippen LogP contribution < -0.4 is 10.2 Å². The van der Waals surface area contributed by atoms with Crippen molar-refractivity contribution in [1.29, 1.82) is 0 Å². The molecular weight excluding hydrogens is 220 g/mol. The van der Waals surface area contributed by atoms with Crippen LogP contribution in [0.4, 0.5) is 5.69 Å². The van der Waals surface area contributed by atoms with E-state index in [-0.39, 0.29) is 0 Å². The van der Waals surface area contributed by atoms with Crippen molar-refractivity contribution >= 4 is 5.69 Å². The van der Waals surface area contributed by atoms with Crippen LogP contribution in [0.1, 0.15) is 30.4 Å². The normalized spacial score (nSPS) is 22.3. The summed E-state index contributed by atoms with van der Waals surface area (Å²) in [7, 11) is 2.18. The Hall–Kier alpha value is -1.28. The van der Waals surface area contributed by atoms with Crippen LogP contribution in [-0.4, -0.2) is 19.6 Å². The summed E-state index contributed by atoms with van der Waals surface area (Å²) in [6.45, 7) is 2.18. The summed E-state index contributed by atoms with van der Waals surface area (Å²) in [6.07, 6.45) is 9.50. The summed E-state index contributed by atoms with van der Waals surface area (Å²) in [6, 6.07) is 7.60. The second-order valence-electron chi connectivity index (χ2n) is 5.50. The summed E-state index contributed by atoms with van der Waals surface area (Å²) < 4.78 is 0. The molecule has 1 N–H and O–H groups in total. The molecule has 0 saturated carbocycles. The third-order valence-corrected chi connectivity index (χ3v) is 4.14. The number of hydrogen-bond donors (Lipinski definition) is 1. The van der Waals surface area contributed by atoms with Crippen molar-refractivity contribution in [2.24, 2.45) is 0 Å². The van der Waals surface area contributed by atoms with Gasteiger partial charge in [0.05, 0.1) is 0 Å². The van der Waals surface area contributed by atoms with Crippen molar-refractivity contribution in [3.05, 3.63) is 41.5 Å². The van der Waals surface area contributed by atoms with Crippen LogP contribution in [0.2, 0.25) is 0 Å². The van der Waals surface area contributed by atoms with E-state index in [9.17, 15) is 0 Å². The Kier molecular flexibility index (Phi) is 3.37. The van der Waals surface area contributed by atoms with Gasteiger partial charge in [0, 0.05) is 31.9 Å². The van der Waals surface area contributed by atoms with Gasteiger partial charge in [-0.2, -0.15) is 0 Å². The minimum absolute atomic E-state index is 0.672. The van der Waals surface area contributed by atoms with Gasteiger partial charge in [-0.15, -0.1) is 0 Å². The average Bonchev–Trinajstić information content (AvgIpc) is 2.79. The van der Waals surface area contributed by atoms with Crippen LogP contribution in [0.15, 0.2) is 30.4 Å². The van der Waals surface area contributed by atoms with E-state index in [2.05, 4.69) is 47.6 Å². The lowest BCUT2D eigenvalue weighted by Crippen LogP contribution is -2.29. The maximum absolute atomic E-state index is 3.68. The molecule has 1 aliphatic heterocycles. The van der Waals surface area contributed by atoms with Crippen LogP contribution in [0.25, 0.3) is 0 Å². The maximum Gasteiger partial charge on any atom is 0.0397 e. The standard InChI is InChI=1S/C16H22N2/c1-18-10-9-14-11-13(7-8-16(14)18)12-17-15-5-3-2-4-6-15/h2-3,7-8,11,15,17H,4-6,9-10,12H2,1H3. The highest BCUT2D eigenvalue weighted by atomic mass is 15.1. The molecule has 96 valence electrons. The molecule has 1 aromatic carbocycles. The second-order valence-corrected chi connectivity index (χ2v) is 5.50. The first-order valence-electron chi connectivity index (χ1n) is 7.04. The summed E-state index contributed by atoms with van der Waals surface area (Å²) >= 11 is 0. The third-order valence-electron chi connectivity index (χ3n) is 4.14. The first kappa shape index (κ1) is 11.8. The van der Waals surface area contributed by atoms with E-state index in [1.807, 2.05) is 0 Å². The topological polar surface area (TPSA) is 15.3 Å². The number of likely N-dealkylation sites (N-methyl/N-ethyl adjacent to an activating group) is 1. The fraction of sp³-hybridized carbons (Fsp3) is 0.500. The Morgan fingerprint density at radius 2 is 2.28 bits per heavy atom. The molecule has 2 nitrogen and oxygen atoms in total. The molecule has 3 rings (SSSR count). The number of anilines is 1. The molecule has 0 radical (unpaired) electrons. The van der Waals surface area contributed by atoms with Gasteiger partial charge in [-0.25, -0.2) is 0 Å². The fourth-order valence-electron chi connectivity index (χ4n) is 2.97. The van der Waals surface area contributed by atoms with Gasteiger partial charge in [-0.1, -0.05) is 24.3 Å². The zero-order chi connectivity index (χ0) is 12.4. The molecule has 0 aromatic heterocycles. The van der Waals surface area contributed by atoms with E-state index in [0.29, 0.717) is 6.04 Å². The van der Waals surface area contributed by atoms with Crippen LogP contribution in [0, 0.1) is 0 Å². The first-order chi connectivity index (χ1) is 8.83. The quantitative estimate of drug-likeness (QED) is 0.820. The average molecular weight is 242 g/mol. The highest BCUT2D eigenvalue weighted by Gasteiger charge is 2.15. The van der Waals surface area contributed by atoms with Gasteiger partial charge in [0.2, 0.25) is 0 Å². The van der Waals surface area contributed by atoms with Gasteiger partial charge < -0.3 is 10.2 Å². The highest BCUT2D eigenvalue weighted by molar-refractivity contribution is 5.58. The van der Waals surface area contributed by atoms with Crippen molar-refractivity contribution in [2.45, 2.75) is 38.3 Å². The van der Waals surface area contributed by atoms with Crippen molar-refractivity contribution in [2.75, 3.05) is 18.5 Å². The second kappa shape index (κ2) is 5.15. The summed E-state index contributed by atoms with van der Waals surface area (Å²) in [5, 5.41) is 3.68. The molecule has 2 heteroatoms. The van der Waals surface area contributed by atoms with E-state index >= 15 is 0 Å². The van der Waals surface area contributed by atoms with Crippen LogP contribution >= 0.6 is 0 Å². The number of nitrogens with one attached hydrogen (secondary N) is 1. The Labute approximate surface area is 110 Å². The zero-order valence-electron chi connectivity index (χ0n) is 11.2. The molecule has 0 bridgehead atoms. The summed E-state index contributed by atoms with van der Waals surface area (Å²) in [5.74, 6) is 0. The molecule has 1 atom stereocenters. The molecule has 18 heavy (non-hydrogen) atoms. The molecule has 0 fully saturated rings. The monoisotopic (exact) mass is 242 g/mol. The molecule has 0 amide bonds. The Morgan fingerprint density at radius 1 is 1.33 bits per heavy atom. The maximum atomic E-state index is 3.68. The van der Waals surface area contributed by atoms with E-state index in [1.165, 1.54) is 49.0 Å². The van der Waals surface area contributed by atoms with E-state index in [0.717, 1.165) is 6.54 Å². The number of benzene rings is 1. The molecule has 2 aliphatic rings. The largest absolute Gasteiger partial charge is 0.374 e. The predicted molar refractivity (Wildman–Crippen MR) is 77.0 cm³/mol. The van der Waals surface area contributed by atoms with Crippen molar-refractivity contribution in [1.82, 2.24) is 5.32 Å². The van der Waals surface area contributed by atoms with E-state index in [1.54, 1.807) is 0 Å². The number of fused-ring (bicyclic) bond motifs is 1. The Bertz CT molecular complexity index is 450. The summed E-state index contributed by atoms with van der Waals surface area (Å²) in [5.41, 5.74) is 4.36. The molecule has 0 saturated heterocycles. The van der Waals surface area contributed by atoms with Gasteiger partial charge in [0.1, 0.15) is 0 Å². The number of allylic oxidation sites excluding steroid dienone is 1. The van der Waals surface area contributed by atoms with E-state index in [4.69, 9.17) is 0 Å². The van der Waals surface area contributed by atoms with Gasteiger partial charge >= 0.3 is 0 Å². The lowest BCUT2D eigenvalue weighted by atomic mass is 10.0. The summed E-state index contributed by atoms with van der Waals surface area (Å²) in [4.78, 5) is 2.35. The van der Waals surface area contributed by atoms with Crippen molar-refractivity contribution in [3.63, 3.8) is 0 Å². The SMILES string of the molecule is CN1CCc2cc(CNC3CC=CCC3)ccc21. The predicted octanol–water partition coefficient (Wildman–Crippen LogP) is 2.88. The molecule has 0 spiro atoms. The minimum atomic E-state index is 0.672. The zero-order valence-corrected chi connectivity index (χ0v) is 11.2. The van der Waals surface area contributed by atoms with Crippen LogP contribution in [0.3, 0.4) is 0 Å². The molecule has 1 unspecified atom stereocenters. The number of hydrogen-bond acceptors (Lipinski definition) is 2. The van der Waals surface area contributed by atoms with Gasteiger partial charge in [-0.05, 0) is 42.9 Å². The minimum Gasteiger partial charge on any atom is -0.374 e. The lowest BCUT2D eigenvalue weighted by molar-refractivity contribution is 0.474. The molecule has 1 aromatic rings. The Balaban J connectivity index is 1.62. The highest BCUT2D eigenvalue weighted by Crippen LogP contribution is 2.27. The van der Waals surface area contributed by atoms with Crippen molar-refractivity contribution < 1.29 is 0 Å².